The number of halogens is 5. The van der Waals surface area contributed by atoms with E-state index in [1.807, 2.05) is 18.2 Å². The summed E-state index contributed by atoms with van der Waals surface area (Å²) in [6, 6.07) is 14.4. The van der Waals surface area contributed by atoms with Crippen molar-refractivity contribution in [3.05, 3.63) is 77.1 Å². The number of aryl methyl sites for hydroxylation is 2. The van der Waals surface area contributed by atoms with Gasteiger partial charge in [-0.15, -0.1) is 25.6 Å². The molecule has 0 spiro atoms. The van der Waals surface area contributed by atoms with Gasteiger partial charge in [0.2, 0.25) is 5.82 Å². The van der Waals surface area contributed by atoms with Crippen LogP contribution in [-0.2, 0) is 11.2 Å². The van der Waals surface area contributed by atoms with Crippen LogP contribution in [-0.4, -0.2) is 33.6 Å². The SMILES string of the molecule is Cc1cc(-c2nc(-c3ccc4c(c3)CCC4NC3CC(C(=O)O)C3)no2)c(F)cc1-c1ccccc1OC(F)(F)F.Cl. The van der Waals surface area contributed by atoms with Crippen LogP contribution in [0, 0.1) is 18.7 Å². The van der Waals surface area contributed by atoms with Crippen molar-refractivity contribution in [2.45, 2.75) is 51.1 Å². The van der Waals surface area contributed by atoms with Gasteiger partial charge in [-0.2, -0.15) is 4.98 Å². The van der Waals surface area contributed by atoms with E-state index in [1.165, 1.54) is 24.3 Å². The highest BCUT2D eigenvalue weighted by atomic mass is 35.5. The van der Waals surface area contributed by atoms with Crippen LogP contribution >= 0.6 is 12.4 Å². The predicted octanol–water partition coefficient (Wildman–Crippen LogP) is 7.28. The molecule has 0 saturated heterocycles. The van der Waals surface area contributed by atoms with Crippen molar-refractivity contribution < 1.29 is 36.7 Å². The third kappa shape index (κ3) is 5.84. The van der Waals surface area contributed by atoms with E-state index in [-0.39, 0.29) is 58.8 Å². The molecule has 2 aliphatic carbocycles. The minimum atomic E-state index is -4.89. The zero-order valence-corrected chi connectivity index (χ0v) is 23.1. The number of nitrogens with zero attached hydrogens (tertiary/aromatic N) is 2. The smallest absolute Gasteiger partial charge is 0.481 e. The standard InChI is InChI=1S/C30H25F4N3O4.ClH/c1-15-10-23(24(31)14-22(15)21-4-2-3-5-26(21)40-30(32,33)34)28-36-27(37-41-28)17-6-8-20-16(11-17)7-9-25(20)35-19-12-18(13-19)29(38)39;/h2-6,8,10-11,14,18-19,25,35H,7,9,12-13H2,1H3,(H,38,39);1H. The van der Waals surface area contributed by atoms with E-state index in [1.54, 1.807) is 13.0 Å². The number of ether oxygens (including phenoxy) is 1. The fraction of sp³-hybridized carbons (Fsp3) is 0.300. The number of alkyl halides is 3. The van der Waals surface area contributed by atoms with Gasteiger partial charge in [0.25, 0.3) is 5.89 Å². The molecule has 1 unspecified atom stereocenters. The highest BCUT2D eigenvalue weighted by molar-refractivity contribution is 5.85. The second kappa shape index (κ2) is 11.4. The Hall–Kier alpha value is -3.96. The Labute approximate surface area is 244 Å². The molecule has 1 fully saturated rings. The highest BCUT2D eigenvalue weighted by Crippen LogP contribution is 2.39. The van der Waals surface area contributed by atoms with Crippen molar-refractivity contribution >= 4 is 18.4 Å². The van der Waals surface area contributed by atoms with E-state index in [2.05, 4.69) is 20.2 Å². The summed E-state index contributed by atoms with van der Waals surface area (Å²) >= 11 is 0. The zero-order chi connectivity index (χ0) is 28.9. The van der Waals surface area contributed by atoms with Gasteiger partial charge in [0, 0.05) is 23.2 Å². The van der Waals surface area contributed by atoms with Crippen molar-refractivity contribution in [3.8, 4) is 39.7 Å². The number of aromatic nitrogens is 2. The highest BCUT2D eigenvalue weighted by Gasteiger charge is 2.37. The topological polar surface area (TPSA) is 97.5 Å². The number of nitrogens with one attached hydrogen (secondary N) is 1. The quantitative estimate of drug-likeness (QED) is 0.214. The normalized spacial score (nSPS) is 19.5. The molecular formula is C30H26ClF4N3O4. The van der Waals surface area contributed by atoms with E-state index in [9.17, 15) is 18.0 Å². The summed E-state index contributed by atoms with van der Waals surface area (Å²) < 4.78 is 63.5. The van der Waals surface area contributed by atoms with Crippen LogP contribution in [0.2, 0.25) is 0 Å². The van der Waals surface area contributed by atoms with Crippen LogP contribution in [0.3, 0.4) is 0 Å². The van der Waals surface area contributed by atoms with Gasteiger partial charge in [0.15, 0.2) is 0 Å². The van der Waals surface area contributed by atoms with Crippen molar-refractivity contribution in [2.75, 3.05) is 0 Å². The van der Waals surface area contributed by atoms with Crippen molar-refractivity contribution in [3.63, 3.8) is 0 Å². The Kier molecular flexibility index (Phi) is 8.00. The summed E-state index contributed by atoms with van der Waals surface area (Å²) in [6.07, 6.45) is -1.88. The molecule has 1 saturated carbocycles. The first-order chi connectivity index (χ1) is 19.6. The van der Waals surface area contributed by atoms with Gasteiger partial charge in [0.05, 0.1) is 11.5 Å². The van der Waals surface area contributed by atoms with Crippen molar-refractivity contribution in [1.82, 2.24) is 15.5 Å². The summed E-state index contributed by atoms with van der Waals surface area (Å²) in [5.74, 6) is -1.94. The number of carboxylic acid groups (broad SMARTS) is 1. The third-order valence-corrected chi connectivity index (χ3v) is 7.78. The molecule has 3 aromatic carbocycles. The first-order valence-corrected chi connectivity index (χ1v) is 13.2. The molecule has 2 N–H and O–H groups in total. The maximum Gasteiger partial charge on any atom is 0.573 e. The Morgan fingerprint density at radius 1 is 1.07 bits per heavy atom. The van der Waals surface area contributed by atoms with Gasteiger partial charge in [-0.25, -0.2) is 4.39 Å². The van der Waals surface area contributed by atoms with E-state index in [4.69, 9.17) is 9.63 Å². The van der Waals surface area contributed by atoms with Gasteiger partial charge in [-0.1, -0.05) is 35.5 Å². The summed E-state index contributed by atoms with van der Waals surface area (Å²) in [5, 5.41) is 16.7. The van der Waals surface area contributed by atoms with Gasteiger partial charge < -0.3 is 19.7 Å². The second-order valence-corrected chi connectivity index (χ2v) is 10.5. The van der Waals surface area contributed by atoms with Crippen LogP contribution in [0.4, 0.5) is 17.6 Å². The summed E-state index contributed by atoms with van der Waals surface area (Å²) in [7, 11) is 0. The minimum absolute atomic E-state index is 0. The molecule has 6 rings (SSSR count). The lowest BCUT2D eigenvalue weighted by Gasteiger charge is -2.35. The van der Waals surface area contributed by atoms with Crippen molar-refractivity contribution in [2.24, 2.45) is 5.92 Å². The fourth-order valence-electron chi connectivity index (χ4n) is 5.66. The summed E-state index contributed by atoms with van der Waals surface area (Å²) in [6.45, 7) is 1.65. The fourth-order valence-corrected chi connectivity index (χ4v) is 5.66. The lowest BCUT2D eigenvalue weighted by molar-refractivity contribution is -0.274. The number of carbonyl (C=O) groups is 1. The number of hydrogen-bond donors (Lipinski definition) is 2. The molecule has 0 bridgehead atoms. The molecule has 220 valence electrons. The molecule has 1 atom stereocenters. The Morgan fingerprint density at radius 2 is 1.83 bits per heavy atom. The average Bonchev–Trinajstić information content (AvgIpc) is 3.53. The number of fused-ring (bicyclic) bond motifs is 1. The van der Waals surface area contributed by atoms with Crippen LogP contribution in [0.25, 0.3) is 34.0 Å². The van der Waals surface area contributed by atoms with E-state index in [0.29, 0.717) is 24.0 Å². The van der Waals surface area contributed by atoms with E-state index < -0.39 is 23.9 Å². The number of aliphatic carboxylic acids is 1. The van der Waals surface area contributed by atoms with E-state index in [0.717, 1.165) is 30.0 Å². The predicted molar refractivity (Wildman–Crippen MR) is 148 cm³/mol. The van der Waals surface area contributed by atoms with E-state index >= 15 is 4.39 Å². The number of para-hydroxylation sites is 1. The number of rotatable bonds is 7. The van der Waals surface area contributed by atoms with Crippen LogP contribution in [0.15, 0.2) is 59.1 Å². The van der Waals surface area contributed by atoms with Gasteiger partial charge in [-0.05, 0) is 79.1 Å². The number of hydrogen-bond acceptors (Lipinski definition) is 6. The first-order valence-electron chi connectivity index (χ1n) is 13.2. The molecule has 12 heteroatoms. The Morgan fingerprint density at radius 3 is 2.57 bits per heavy atom. The van der Waals surface area contributed by atoms with Gasteiger partial charge >= 0.3 is 12.3 Å². The van der Waals surface area contributed by atoms with Crippen LogP contribution in [0.1, 0.15) is 42.0 Å². The lowest BCUT2D eigenvalue weighted by atomic mass is 9.80. The Bertz CT molecular complexity index is 1640. The minimum Gasteiger partial charge on any atom is -0.481 e. The molecular weight excluding hydrogens is 578 g/mol. The molecule has 2 aliphatic rings. The number of carboxylic acids is 1. The molecule has 0 amide bonds. The summed E-state index contributed by atoms with van der Waals surface area (Å²) in [4.78, 5) is 15.5. The third-order valence-electron chi connectivity index (χ3n) is 7.78. The molecule has 42 heavy (non-hydrogen) atoms. The van der Waals surface area contributed by atoms with Gasteiger partial charge in [-0.3, -0.25) is 4.79 Å². The average molecular weight is 604 g/mol. The maximum atomic E-state index is 15.3. The first kappa shape index (κ1) is 29.5. The number of benzene rings is 3. The van der Waals surface area contributed by atoms with Gasteiger partial charge in [0.1, 0.15) is 11.6 Å². The second-order valence-electron chi connectivity index (χ2n) is 10.5. The zero-order valence-electron chi connectivity index (χ0n) is 22.2. The maximum absolute atomic E-state index is 15.3. The van der Waals surface area contributed by atoms with Crippen LogP contribution in [0.5, 0.6) is 5.75 Å². The largest absolute Gasteiger partial charge is 0.573 e. The molecule has 7 nitrogen and oxygen atoms in total. The molecule has 0 aliphatic heterocycles. The molecule has 0 radical (unpaired) electrons. The molecule has 1 heterocycles. The Balaban J connectivity index is 0.00000353. The lowest BCUT2D eigenvalue weighted by Crippen LogP contribution is -2.45. The summed E-state index contributed by atoms with van der Waals surface area (Å²) in [5.41, 5.74) is 3.87. The monoisotopic (exact) mass is 603 g/mol. The molecule has 1 aromatic heterocycles. The van der Waals surface area contributed by atoms with Crippen LogP contribution < -0.4 is 10.1 Å². The molecule has 4 aromatic rings. The van der Waals surface area contributed by atoms with Crippen molar-refractivity contribution in [1.29, 1.82) is 0 Å².